The third kappa shape index (κ3) is 3.54. The molecule has 1 aliphatic rings. The molecule has 0 aliphatic carbocycles. The number of anilines is 1. The van der Waals surface area contributed by atoms with E-state index in [-0.39, 0.29) is 29.0 Å². The van der Waals surface area contributed by atoms with Gasteiger partial charge in [0.25, 0.3) is 0 Å². The number of rotatable bonds is 5. The minimum Gasteiger partial charge on any atom is -0.497 e. The van der Waals surface area contributed by atoms with Crippen molar-refractivity contribution in [2.45, 2.75) is 30.7 Å². The summed E-state index contributed by atoms with van der Waals surface area (Å²) < 4.78 is 30.0. The Balaban J connectivity index is 1.71. The van der Waals surface area contributed by atoms with Crippen LogP contribution in [0.1, 0.15) is 18.9 Å². The molecule has 132 valence electrons. The Labute approximate surface area is 148 Å². The maximum Gasteiger partial charge on any atom is 0.228 e. The van der Waals surface area contributed by atoms with Crippen molar-refractivity contribution in [3.63, 3.8) is 0 Å². The van der Waals surface area contributed by atoms with Crippen LogP contribution in [0.4, 0.5) is 5.69 Å². The molecule has 0 saturated heterocycles. The largest absolute Gasteiger partial charge is 0.497 e. The van der Waals surface area contributed by atoms with Crippen molar-refractivity contribution in [3.05, 3.63) is 54.1 Å². The zero-order chi connectivity index (χ0) is 18.0. The number of nitrogens with zero attached hydrogens (tertiary/aromatic N) is 1. The Kier molecular flexibility index (Phi) is 4.81. The van der Waals surface area contributed by atoms with Crippen LogP contribution in [-0.2, 0) is 21.1 Å². The van der Waals surface area contributed by atoms with Crippen molar-refractivity contribution < 1.29 is 17.9 Å². The van der Waals surface area contributed by atoms with Crippen LogP contribution >= 0.6 is 0 Å². The average molecular weight is 359 g/mol. The molecule has 0 fully saturated rings. The molecule has 0 spiro atoms. The first kappa shape index (κ1) is 17.5. The second-order valence-corrected chi connectivity index (χ2v) is 8.30. The number of fused-ring (bicyclic) bond motifs is 1. The van der Waals surface area contributed by atoms with Crippen molar-refractivity contribution in [1.82, 2.24) is 0 Å². The summed E-state index contributed by atoms with van der Waals surface area (Å²) in [6.45, 7) is 1.98. The number of hydrogen-bond donors (Lipinski definition) is 0. The standard InChI is InChI=1S/C19H21NO4S/c1-14-13-15-5-3-4-6-18(15)20(14)19(21)11-12-25(22,23)17-9-7-16(24-2)8-10-17/h3-10,14H,11-13H2,1-2H3. The van der Waals surface area contributed by atoms with Crippen molar-refractivity contribution >= 4 is 21.4 Å². The summed E-state index contributed by atoms with van der Waals surface area (Å²) in [6, 6.07) is 14.0. The highest BCUT2D eigenvalue weighted by molar-refractivity contribution is 7.91. The molecule has 1 unspecified atom stereocenters. The SMILES string of the molecule is COc1ccc(S(=O)(=O)CCC(=O)N2c3ccccc3CC2C)cc1. The Hall–Kier alpha value is -2.34. The third-order valence-electron chi connectivity index (χ3n) is 4.48. The fourth-order valence-corrected chi connectivity index (χ4v) is 4.42. The maximum absolute atomic E-state index is 12.6. The van der Waals surface area contributed by atoms with Gasteiger partial charge in [-0.2, -0.15) is 0 Å². The van der Waals surface area contributed by atoms with E-state index in [0.29, 0.717) is 5.75 Å². The lowest BCUT2D eigenvalue weighted by atomic mass is 10.1. The van der Waals surface area contributed by atoms with Gasteiger partial charge in [0, 0.05) is 18.2 Å². The number of ether oxygens (including phenoxy) is 1. The fraction of sp³-hybridized carbons (Fsp3) is 0.316. The summed E-state index contributed by atoms with van der Waals surface area (Å²) in [6.07, 6.45) is 0.764. The van der Waals surface area contributed by atoms with E-state index in [1.54, 1.807) is 17.0 Å². The number of para-hydroxylation sites is 1. The van der Waals surface area contributed by atoms with E-state index in [0.717, 1.165) is 17.7 Å². The maximum atomic E-state index is 12.6. The van der Waals surface area contributed by atoms with Gasteiger partial charge < -0.3 is 9.64 Å². The molecule has 0 radical (unpaired) electrons. The Morgan fingerprint density at radius 3 is 2.52 bits per heavy atom. The van der Waals surface area contributed by atoms with Crippen molar-refractivity contribution in [3.8, 4) is 5.75 Å². The predicted molar refractivity (Wildman–Crippen MR) is 96.8 cm³/mol. The summed E-state index contributed by atoms with van der Waals surface area (Å²) in [4.78, 5) is 14.6. The molecule has 0 bridgehead atoms. The molecule has 2 aromatic rings. The number of amides is 1. The minimum absolute atomic E-state index is 0.0347. The van der Waals surface area contributed by atoms with Crippen molar-refractivity contribution in [2.75, 3.05) is 17.8 Å². The zero-order valence-corrected chi connectivity index (χ0v) is 15.1. The highest BCUT2D eigenvalue weighted by Crippen LogP contribution is 2.32. The van der Waals surface area contributed by atoms with Gasteiger partial charge in [0.2, 0.25) is 5.91 Å². The van der Waals surface area contributed by atoms with Crippen molar-refractivity contribution in [2.24, 2.45) is 0 Å². The molecule has 1 atom stereocenters. The molecule has 0 saturated carbocycles. The predicted octanol–water partition coefficient (Wildman–Crippen LogP) is 2.84. The fourth-order valence-electron chi connectivity index (χ4n) is 3.19. The number of carbonyl (C=O) groups excluding carboxylic acids is 1. The lowest BCUT2D eigenvalue weighted by Gasteiger charge is -2.22. The van der Waals surface area contributed by atoms with Crippen LogP contribution in [0, 0.1) is 0 Å². The summed E-state index contributed by atoms with van der Waals surface area (Å²) in [5.41, 5.74) is 2.02. The molecule has 2 aromatic carbocycles. The second-order valence-electron chi connectivity index (χ2n) is 6.19. The van der Waals surface area contributed by atoms with Gasteiger partial charge in [-0.05, 0) is 49.2 Å². The summed E-state index contributed by atoms with van der Waals surface area (Å²) in [7, 11) is -1.98. The van der Waals surface area contributed by atoms with Gasteiger partial charge in [-0.1, -0.05) is 18.2 Å². The van der Waals surface area contributed by atoms with Crippen LogP contribution < -0.4 is 9.64 Å². The van der Waals surface area contributed by atoms with Crippen LogP contribution in [0.15, 0.2) is 53.4 Å². The van der Waals surface area contributed by atoms with Gasteiger partial charge >= 0.3 is 0 Å². The van der Waals surface area contributed by atoms with Crippen LogP contribution in [-0.4, -0.2) is 33.2 Å². The summed E-state index contributed by atoms with van der Waals surface area (Å²) in [5.74, 6) is 0.232. The van der Waals surface area contributed by atoms with E-state index >= 15 is 0 Å². The Morgan fingerprint density at radius 1 is 1.16 bits per heavy atom. The second kappa shape index (κ2) is 6.88. The quantitative estimate of drug-likeness (QED) is 0.823. The monoisotopic (exact) mass is 359 g/mol. The van der Waals surface area contributed by atoms with Gasteiger partial charge in [0.05, 0.1) is 17.8 Å². The van der Waals surface area contributed by atoms with Gasteiger partial charge in [-0.25, -0.2) is 8.42 Å². The number of benzene rings is 2. The van der Waals surface area contributed by atoms with Gasteiger partial charge in [0.15, 0.2) is 9.84 Å². The summed E-state index contributed by atoms with van der Waals surface area (Å²) >= 11 is 0. The highest BCUT2D eigenvalue weighted by Gasteiger charge is 2.31. The van der Waals surface area contributed by atoms with Crippen LogP contribution in [0.2, 0.25) is 0 Å². The molecule has 1 heterocycles. The van der Waals surface area contributed by atoms with Crippen LogP contribution in [0.25, 0.3) is 0 Å². The Morgan fingerprint density at radius 2 is 1.84 bits per heavy atom. The van der Waals surface area contributed by atoms with E-state index in [1.807, 2.05) is 31.2 Å². The molecule has 0 aromatic heterocycles. The smallest absolute Gasteiger partial charge is 0.228 e. The molecular formula is C19H21NO4S. The highest BCUT2D eigenvalue weighted by atomic mass is 32.2. The normalized spacial score (nSPS) is 16.6. The van der Waals surface area contributed by atoms with E-state index in [9.17, 15) is 13.2 Å². The molecule has 25 heavy (non-hydrogen) atoms. The molecule has 0 N–H and O–H groups in total. The molecular weight excluding hydrogens is 338 g/mol. The minimum atomic E-state index is -3.51. The zero-order valence-electron chi connectivity index (χ0n) is 14.3. The summed E-state index contributed by atoms with van der Waals surface area (Å²) in [5, 5.41) is 0. The number of methoxy groups -OCH3 is 1. The first-order chi connectivity index (χ1) is 11.9. The van der Waals surface area contributed by atoms with Gasteiger partial charge in [0.1, 0.15) is 5.75 Å². The Bertz CT molecular complexity index is 875. The van der Waals surface area contributed by atoms with E-state index < -0.39 is 9.84 Å². The molecule has 6 heteroatoms. The molecule has 1 amide bonds. The van der Waals surface area contributed by atoms with E-state index in [4.69, 9.17) is 4.74 Å². The third-order valence-corrected chi connectivity index (χ3v) is 6.21. The van der Waals surface area contributed by atoms with E-state index in [2.05, 4.69) is 0 Å². The average Bonchev–Trinajstić information content (AvgIpc) is 2.95. The van der Waals surface area contributed by atoms with Crippen LogP contribution in [0.5, 0.6) is 5.75 Å². The first-order valence-electron chi connectivity index (χ1n) is 8.19. The molecule has 3 rings (SSSR count). The number of carbonyl (C=O) groups is 1. The molecule has 5 nitrogen and oxygen atoms in total. The molecule has 1 aliphatic heterocycles. The van der Waals surface area contributed by atoms with Gasteiger partial charge in [-0.3, -0.25) is 4.79 Å². The number of hydrogen-bond acceptors (Lipinski definition) is 4. The first-order valence-corrected chi connectivity index (χ1v) is 9.84. The van der Waals surface area contributed by atoms with Crippen molar-refractivity contribution in [1.29, 1.82) is 0 Å². The lowest BCUT2D eigenvalue weighted by Crippen LogP contribution is -2.36. The topological polar surface area (TPSA) is 63.7 Å². The van der Waals surface area contributed by atoms with Gasteiger partial charge in [-0.15, -0.1) is 0 Å². The van der Waals surface area contributed by atoms with Crippen LogP contribution in [0.3, 0.4) is 0 Å². The van der Waals surface area contributed by atoms with E-state index in [1.165, 1.54) is 19.2 Å². The lowest BCUT2D eigenvalue weighted by molar-refractivity contribution is -0.118. The number of sulfone groups is 1.